The van der Waals surface area contributed by atoms with Crippen LogP contribution in [0.15, 0.2) is 67.0 Å². The van der Waals surface area contributed by atoms with E-state index in [0.717, 1.165) is 43.5 Å². The maximum atomic E-state index is 14.1. The molecule has 0 aliphatic heterocycles. The van der Waals surface area contributed by atoms with Gasteiger partial charge < -0.3 is 9.47 Å². The lowest BCUT2D eigenvalue weighted by atomic mass is 9.85. The molecule has 0 radical (unpaired) electrons. The minimum absolute atomic E-state index is 0.116. The molecule has 0 bridgehead atoms. The predicted octanol–water partition coefficient (Wildman–Crippen LogP) is 4.56. The van der Waals surface area contributed by atoms with E-state index in [-0.39, 0.29) is 17.4 Å². The summed E-state index contributed by atoms with van der Waals surface area (Å²) in [5.74, 6) is 1.19. The number of rotatable bonds is 5. The molecule has 0 spiro atoms. The summed E-state index contributed by atoms with van der Waals surface area (Å²) in [5.41, 5.74) is 3.48. The first-order chi connectivity index (χ1) is 14.2. The predicted molar refractivity (Wildman–Crippen MR) is 113 cm³/mol. The molecule has 29 heavy (non-hydrogen) atoms. The lowest BCUT2D eigenvalue weighted by Crippen LogP contribution is -2.42. The molecule has 1 amide bonds. The Labute approximate surface area is 172 Å². The van der Waals surface area contributed by atoms with Gasteiger partial charge in [-0.15, -0.1) is 0 Å². The second-order valence-corrected chi connectivity index (χ2v) is 8.44. The Hall–Kier alpha value is -2.88. The number of benzene rings is 2. The van der Waals surface area contributed by atoms with E-state index in [4.69, 9.17) is 0 Å². The van der Waals surface area contributed by atoms with E-state index >= 15 is 0 Å². The zero-order valence-corrected chi connectivity index (χ0v) is 16.9. The first kappa shape index (κ1) is 18.2. The third-order valence-corrected chi connectivity index (χ3v) is 6.69. The van der Waals surface area contributed by atoms with E-state index in [9.17, 15) is 4.79 Å². The molecule has 0 saturated heterocycles. The molecule has 4 heteroatoms. The van der Waals surface area contributed by atoms with E-state index in [1.165, 1.54) is 11.1 Å². The van der Waals surface area contributed by atoms with Crippen molar-refractivity contribution in [2.75, 3.05) is 0 Å². The van der Waals surface area contributed by atoms with Crippen molar-refractivity contribution in [3.05, 3.63) is 89.5 Å². The largest absolute Gasteiger partial charge is 0.337 e. The highest BCUT2D eigenvalue weighted by Crippen LogP contribution is 2.51. The third kappa shape index (κ3) is 3.17. The van der Waals surface area contributed by atoms with Crippen LogP contribution in [0.1, 0.15) is 54.2 Å². The van der Waals surface area contributed by atoms with Crippen molar-refractivity contribution in [3.8, 4) is 0 Å². The molecule has 3 aromatic rings. The normalized spacial score (nSPS) is 19.4. The van der Waals surface area contributed by atoms with E-state index in [1.54, 1.807) is 0 Å². The van der Waals surface area contributed by atoms with E-state index in [0.29, 0.717) is 6.54 Å². The highest BCUT2D eigenvalue weighted by molar-refractivity contribution is 5.91. The molecule has 4 nitrogen and oxygen atoms in total. The molecule has 1 saturated carbocycles. The smallest absolute Gasteiger partial charge is 0.234 e. The highest BCUT2D eigenvalue weighted by Gasteiger charge is 2.54. The van der Waals surface area contributed by atoms with Crippen molar-refractivity contribution in [3.63, 3.8) is 0 Å². The number of hydrogen-bond acceptors (Lipinski definition) is 2. The van der Waals surface area contributed by atoms with Gasteiger partial charge in [-0.2, -0.15) is 0 Å². The summed E-state index contributed by atoms with van der Waals surface area (Å²) >= 11 is 0. The molecule has 0 N–H and O–H groups in total. The van der Waals surface area contributed by atoms with Gasteiger partial charge in [-0.05, 0) is 48.8 Å². The Morgan fingerprint density at radius 3 is 2.62 bits per heavy atom. The fraction of sp³-hybridized carbons (Fsp3) is 0.360. The summed E-state index contributed by atoms with van der Waals surface area (Å²) in [5, 5.41) is 0. The minimum Gasteiger partial charge on any atom is -0.337 e. The lowest BCUT2D eigenvalue weighted by Gasteiger charge is -2.38. The SMILES string of the molecule is Cn1ccnc1CN(C(=O)C1(c2ccccc2)CC1)[C@@H]1CCCc2ccccc21. The van der Waals surface area contributed by atoms with Crippen LogP contribution in [-0.2, 0) is 30.2 Å². The van der Waals surface area contributed by atoms with Crippen LogP contribution in [-0.4, -0.2) is 20.4 Å². The monoisotopic (exact) mass is 385 g/mol. The van der Waals surface area contributed by atoms with E-state index in [1.807, 2.05) is 42.2 Å². The summed E-state index contributed by atoms with van der Waals surface area (Å²) in [4.78, 5) is 20.7. The van der Waals surface area contributed by atoms with Crippen LogP contribution < -0.4 is 0 Å². The van der Waals surface area contributed by atoms with Crippen LogP contribution in [0.5, 0.6) is 0 Å². The van der Waals surface area contributed by atoms with Gasteiger partial charge in [0.15, 0.2) is 0 Å². The second kappa shape index (κ2) is 7.18. The number of fused-ring (bicyclic) bond motifs is 1. The molecule has 1 aromatic heterocycles. The molecule has 5 rings (SSSR count). The van der Waals surface area contributed by atoms with Gasteiger partial charge >= 0.3 is 0 Å². The summed E-state index contributed by atoms with van der Waals surface area (Å²) < 4.78 is 2.02. The highest BCUT2D eigenvalue weighted by atomic mass is 16.2. The molecule has 148 valence electrons. The van der Waals surface area contributed by atoms with Crippen molar-refractivity contribution >= 4 is 5.91 Å². The molecule has 2 aliphatic rings. The fourth-order valence-electron chi connectivity index (χ4n) is 4.86. The molecule has 2 aliphatic carbocycles. The number of aromatic nitrogens is 2. The molecular formula is C25H27N3O. The standard InChI is InChI=1S/C25H27N3O/c1-27-17-16-26-23(27)18-28(22-13-7-9-19-8-5-6-12-21(19)22)24(29)25(14-15-25)20-10-3-2-4-11-20/h2-6,8,10-12,16-17,22H,7,9,13-15,18H2,1H3/t22-/m1/s1. The molecular weight excluding hydrogens is 358 g/mol. The van der Waals surface area contributed by atoms with Crippen molar-refractivity contribution in [1.29, 1.82) is 0 Å². The van der Waals surface area contributed by atoms with Crippen molar-refractivity contribution in [1.82, 2.24) is 14.5 Å². The Balaban J connectivity index is 1.55. The first-order valence-electron chi connectivity index (χ1n) is 10.6. The van der Waals surface area contributed by atoms with Crippen LogP contribution >= 0.6 is 0 Å². The van der Waals surface area contributed by atoms with Gasteiger partial charge in [0.05, 0.1) is 18.0 Å². The number of amides is 1. The van der Waals surface area contributed by atoms with E-state index < -0.39 is 0 Å². The third-order valence-electron chi connectivity index (χ3n) is 6.69. The fourth-order valence-corrected chi connectivity index (χ4v) is 4.86. The van der Waals surface area contributed by atoms with Crippen LogP contribution in [0.2, 0.25) is 0 Å². The number of nitrogens with zero attached hydrogens (tertiary/aromatic N) is 3. The Kier molecular flexibility index (Phi) is 4.50. The number of aryl methyl sites for hydroxylation is 2. The number of hydrogen-bond donors (Lipinski definition) is 0. The van der Waals surface area contributed by atoms with Gasteiger partial charge in [0.25, 0.3) is 0 Å². The average Bonchev–Trinajstić information content (AvgIpc) is 3.49. The second-order valence-electron chi connectivity index (χ2n) is 8.44. The maximum absolute atomic E-state index is 14.1. The molecule has 1 atom stereocenters. The zero-order chi connectivity index (χ0) is 19.8. The Bertz CT molecular complexity index is 1020. The molecule has 1 heterocycles. The van der Waals surface area contributed by atoms with Crippen LogP contribution in [0, 0.1) is 0 Å². The summed E-state index contributed by atoms with van der Waals surface area (Å²) in [6.45, 7) is 0.552. The molecule has 0 unspecified atom stereocenters. The van der Waals surface area contributed by atoms with Gasteiger partial charge in [-0.25, -0.2) is 4.98 Å². The number of imidazole rings is 1. The van der Waals surface area contributed by atoms with Gasteiger partial charge in [-0.1, -0.05) is 54.6 Å². The van der Waals surface area contributed by atoms with Crippen molar-refractivity contribution in [2.24, 2.45) is 7.05 Å². The van der Waals surface area contributed by atoms with Gasteiger partial charge in [0, 0.05) is 19.4 Å². The average molecular weight is 386 g/mol. The van der Waals surface area contributed by atoms with Crippen molar-refractivity contribution < 1.29 is 4.79 Å². The topological polar surface area (TPSA) is 38.1 Å². The minimum atomic E-state index is -0.362. The molecule has 1 fully saturated rings. The summed E-state index contributed by atoms with van der Waals surface area (Å²) in [6, 6.07) is 19.1. The number of carbonyl (C=O) groups excluding carboxylic acids is 1. The van der Waals surface area contributed by atoms with Crippen molar-refractivity contribution in [2.45, 2.75) is 50.1 Å². The maximum Gasteiger partial charge on any atom is 0.234 e. The summed E-state index contributed by atoms with van der Waals surface area (Å²) in [6.07, 6.45) is 8.86. The summed E-state index contributed by atoms with van der Waals surface area (Å²) in [7, 11) is 2.00. The van der Waals surface area contributed by atoms with Gasteiger partial charge in [-0.3, -0.25) is 4.79 Å². The molecule has 2 aromatic carbocycles. The van der Waals surface area contributed by atoms with E-state index in [2.05, 4.69) is 46.3 Å². The lowest BCUT2D eigenvalue weighted by molar-refractivity contribution is -0.137. The van der Waals surface area contributed by atoms with Gasteiger partial charge in [0.1, 0.15) is 5.82 Å². The first-order valence-corrected chi connectivity index (χ1v) is 10.6. The Morgan fingerprint density at radius 1 is 1.14 bits per heavy atom. The van der Waals surface area contributed by atoms with Crippen LogP contribution in [0.25, 0.3) is 0 Å². The zero-order valence-electron chi connectivity index (χ0n) is 16.9. The number of carbonyl (C=O) groups is 1. The van der Waals surface area contributed by atoms with Crippen LogP contribution in [0.3, 0.4) is 0 Å². The Morgan fingerprint density at radius 2 is 1.90 bits per heavy atom. The van der Waals surface area contributed by atoms with Gasteiger partial charge in [0.2, 0.25) is 5.91 Å². The van der Waals surface area contributed by atoms with Crippen LogP contribution in [0.4, 0.5) is 0 Å². The quantitative estimate of drug-likeness (QED) is 0.646.